The van der Waals surface area contributed by atoms with Gasteiger partial charge in [-0.05, 0) is 31.7 Å². The lowest BCUT2D eigenvalue weighted by Gasteiger charge is -2.04. The molecular formula is C16H20ClN3O. The van der Waals surface area contributed by atoms with E-state index in [9.17, 15) is 4.79 Å². The summed E-state index contributed by atoms with van der Waals surface area (Å²) in [6.07, 6.45) is 3.00. The number of amides is 1. The van der Waals surface area contributed by atoms with Gasteiger partial charge in [-0.2, -0.15) is 5.10 Å². The van der Waals surface area contributed by atoms with E-state index in [2.05, 4.69) is 22.5 Å². The number of hydrogen-bond acceptors (Lipinski definition) is 2. The zero-order chi connectivity index (χ0) is 15.2. The molecule has 1 heterocycles. The normalized spacial score (nSPS) is 10.6. The second kappa shape index (κ2) is 7.27. The van der Waals surface area contributed by atoms with Gasteiger partial charge in [0.15, 0.2) is 5.69 Å². The standard InChI is InChI=1S/C16H20ClN3O/c1-12-14(17)15(19-20(12)2)16(21)18-11-7-6-10-13-8-4-3-5-9-13/h3-5,8-9H,6-7,10-11H2,1-2H3,(H,18,21). The average molecular weight is 306 g/mol. The highest BCUT2D eigenvalue weighted by Crippen LogP contribution is 2.18. The number of nitrogens with one attached hydrogen (secondary N) is 1. The number of nitrogens with zero attached hydrogens (tertiary/aromatic N) is 2. The first kappa shape index (κ1) is 15.6. The smallest absolute Gasteiger partial charge is 0.273 e. The molecule has 0 unspecified atom stereocenters. The summed E-state index contributed by atoms with van der Waals surface area (Å²) < 4.78 is 1.62. The van der Waals surface area contributed by atoms with Crippen LogP contribution in [0.5, 0.6) is 0 Å². The van der Waals surface area contributed by atoms with Crippen LogP contribution in [-0.4, -0.2) is 22.2 Å². The van der Waals surface area contributed by atoms with Crippen molar-refractivity contribution in [3.05, 3.63) is 52.3 Å². The van der Waals surface area contributed by atoms with E-state index in [1.54, 1.807) is 11.7 Å². The molecule has 21 heavy (non-hydrogen) atoms. The van der Waals surface area contributed by atoms with Crippen molar-refractivity contribution in [1.82, 2.24) is 15.1 Å². The number of rotatable bonds is 6. The SMILES string of the molecule is Cc1c(Cl)c(C(=O)NCCCCc2ccccc2)nn1C. The lowest BCUT2D eigenvalue weighted by atomic mass is 10.1. The van der Waals surface area contributed by atoms with E-state index in [0.717, 1.165) is 25.0 Å². The predicted molar refractivity (Wildman–Crippen MR) is 84.7 cm³/mol. The molecule has 0 bridgehead atoms. The van der Waals surface area contributed by atoms with E-state index >= 15 is 0 Å². The molecule has 4 nitrogen and oxygen atoms in total. The molecule has 2 rings (SSSR count). The van der Waals surface area contributed by atoms with Crippen LogP contribution in [0.4, 0.5) is 0 Å². The fourth-order valence-electron chi connectivity index (χ4n) is 2.11. The van der Waals surface area contributed by atoms with E-state index in [1.165, 1.54) is 5.56 Å². The van der Waals surface area contributed by atoms with Gasteiger partial charge in [-0.25, -0.2) is 0 Å². The number of unbranched alkanes of at least 4 members (excludes halogenated alkanes) is 1. The Labute approximate surface area is 130 Å². The summed E-state index contributed by atoms with van der Waals surface area (Å²) in [4.78, 5) is 12.0. The number of carbonyl (C=O) groups is 1. The minimum atomic E-state index is -0.205. The van der Waals surface area contributed by atoms with Gasteiger partial charge < -0.3 is 5.32 Å². The van der Waals surface area contributed by atoms with Gasteiger partial charge in [0.05, 0.1) is 10.7 Å². The van der Waals surface area contributed by atoms with Gasteiger partial charge in [0, 0.05) is 13.6 Å². The Morgan fingerprint density at radius 3 is 2.62 bits per heavy atom. The second-order valence-electron chi connectivity index (χ2n) is 5.07. The number of aromatic nitrogens is 2. The first-order valence-corrected chi connectivity index (χ1v) is 7.48. The maximum Gasteiger partial charge on any atom is 0.273 e. The van der Waals surface area contributed by atoms with Crippen LogP contribution >= 0.6 is 11.6 Å². The molecule has 0 atom stereocenters. The van der Waals surface area contributed by atoms with Gasteiger partial charge in [-0.15, -0.1) is 0 Å². The molecule has 1 aromatic carbocycles. The van der Waals surface area contributed by atoms with Crippen LogP contribution in [0.3, 0.4) is 0 Å². The Hall–Kier alpha value is -1.81. The number of halogens is 1. The van der Waals surface area contributed by atoms with Crippen LogP contribution in [0.25, 0.3) is 0 Å². The summed E-state index contributed by atoms with van der Waals surface area (Å²) in [5.41, 5.74) is 2.43. The summed E-state index contributed by atoms with van der Waals surface area (Å²) in [5.74, 6) is -0.205. The molecule has 5 heteroatoms. The molecule has 0 aliphatic carbocycles. The van der Waals surface area contributed by atoms with E-state index in [4.69, 9.17) is 11.6 Å². The second-order valence-corrected chi connectivity index (χ2v) is 5.45. The third-order valence-corrected chi connectivity index (χ3v) is 3.95. The molecule has 1 N–H and O–H groups in total. The minimum Gasteiger partial charge on any atom is -0.351 e. The average Bonchev–Trinajstić information content (AvgIpc) is 2.75. The first-order chi connectivity index (χ1) is 10.1. The Balaban J connectivity index is 1.73. The highest BCUT2D eigenvalue weighted by atomic mass is 35.5. The summed E-state index contributed by atoms with van der Waals surface area (Å²) in [6.45, 7) is 2.48. The molecule has 1 amide bonds. The number of hydrogen-bond donors (Lipinski definition) is 1. The van der Waals surface area contributed by atoms with Gasteiger partial charge in [-0.1, -0.05) is 41.9 Å². The van der Waals surface area contributed by atoms with Crippen molar-refractivity contribution >= 4 is 17.5 Å². The lowest BCUT2D eigenvalue weighted by Crippen LogP contribution is -2.25. The first-order valence-electron chi connectivity index (χ1n) is 7.11. The lowest BCUT2D eigenvalue weighted by molar-refractivity contribution is 0.0947. The highest BCUT2D eigenvalue weighted by Gasteiger charge is 2.17. The van der Waals surface area contributed by atoms with Crippen molar-refractivity contribution in [3.63, 3.8) is 0 Å². The van der Waals surface area contributed by atoms with E-state index in [1.807, 2.05) is 25.1 Å². The third-order valence-electron chi connectivity index (χ3n) is 3.50. The zero-order valence-electron chi connectivity index (χ0n) is 12.4. The molecule has 0 saturated carbocycles. The summed E-state index contributed by atoms with van der Waals surface area (Å²) in [6, 6.07) is 10.3. The summed E-state index contributed by atoms with van der Waals surface area (Å²) >= 11 is 6.08. The highest BCUT2D eigenvalue weighted by molar-refractivity contribution is 6.34. The van der Waals surface area contributed by atoms with Crippen LogP contribution in [0, 0.1) is 6.92 Å². The Bertz CT molecular complexity index is 607. The number of benzene rings is 1. The molecule has 2 aromatic rings. The molecule has 0 aliphatic rings. The summed E-state index contributed by atoms with van der Waals surface area (Å²) in [7, 11) is 1.78. The molecule has 0 fully saturated rings. The van der Waals surface area contributed by atoms with Crippen molar-refractivity contribution < 1.29 is 4.79 Å². The Kier molecular flexibility index (Phi) is 5.39. The van der Waals surface area contributed by atoms with Crippen LogP contribution in [-0.2, 0) is 13.5 Å². The van der Waals surface area contributed by atoms with Crippen molar-refractivity contribution in [3.8, 4) is 0 Å². The van der Waals surface area contributed by atoms with Gasteiger partial charge >= 0.3 is 0 Å². The van der Waals surface area contributed by atoms with E-state index in [0.29, 0.717) is 17.3 Å². The third kappa shape index (κ3) is 4.08. The predicted octanol–water partition coefficient (Wildman–Crippen LogP) is 3.13. The Morgan fingerprint density at radius 2 is 2.00 bits per heavy atom. The van der Waals surface area contributed by atoms with Gasteiger partial charge in [0.1, 0.15) is 0 Å². The van der Waals surface area contributed by atoms with Crippen LogP contribution in [0.15, 0.2) is 30.3 Å². The van der Waals surface area contributed by atoms with Gasteiger partial charge in [0.2, 0.25) is 0 Å². The van der Waals surface area contributed by atoms with Gasteiger partial charge in [-0.3, -0.25) is 9.48 Å². The van der Waals surface area contributed by atoms with Crippen LogP contribution < -0.4 is 5.32 Å². The molecule has 1 aromatic heterocycles. The van der Waals surface area contributed by atoms with Crippen molar-refractivity contribution in [2.45, 2.75) is 26.2 Å². The fourth-order valence-corrected chi connectivity index (χ4v) is 2.36. The molecular weight excluding hydrogens is 286 g/mol. The zero-order valence-corrected chi connectivity index (χ0v) is 13.2. The molecule has 0 aliphatic heterocycles. The van der Waals surface area contributed by atoms with Crippen molar-refractivity contribution in [2.24, 2.45) is 7.05 Å². The topological polar surface area (TPSA) is 46.9 Å². The van der Waals surface area contributed by atoms with Gasteiger partial charge in [0.25, 0.3) is 5.91 Å². The fraction of sp³-hybridized carbons (Fsp3) is 0.375. The largest absolute Gasteiger partial charge is 0.351 e. The molecule has 0 saturated heterocycles. The minimum absolute atomic E-state index is 0.205. The molecule has 112 valence electrons. The molecule has 0 spiro atoms. The van der Waals surface area contributed by atoms with Crippen LogP contribution in [0.1, 0.15) is 34.6 Å². The van der Waals surface area contributed by atoms with Crippen molar-refractivity contribution in [2.75, 3.05) is 6.54 Å². The van der Waals surface area contributed by atoms with Crippen molar-refractivity contribution in [1.29, 1.82) is 0 Å². The maximum atomic E-state index is 12.0. The van der Waals surface area contributed by atoms with Crippen LogP contribution in [0.2, 0.25) is 5.02 Å². The Morgan fingerprint density at radius 1 is 1.29 bits per heavy atom. The van der Waals surface area contributed by atoms with E-state index < -0.39 is 0 Å². The number of aryl methyl sites for hydroxylation is 2. The van der Waals surface area contributed by atoms with E-state index in [-0.39, 0.29) is 5.91 Å². The quantitative estimate of drug-likeness (QED) is 0.833. The molecule has 0 radical (unpaired) electrons. The maximum absolute atomic E-state index is 12.0. The summed E-state index contributed by atoms with van der Waals surface area (Å²) in [5, 5.41) is 7.43. The number of carbonyl (C=O) groups excluding carboxylic acids is 1. The monoisotopic (exact) mass is 305 g/mol.